The fourth-order valence-corrected chi connectivity index (χ4v) is 6.26. The van der Waals surface area contributed by atoms with Gasteiger partial charge in [0, 0.05) is 54.7 Å². The molecule has 45 heavy (non-hydrogen) atoms. The summed E-state index contributed by atoms with van der Waals surface area (Å²) in [5.41, 5.74) is 6.03. The third-order valence-corrected chi connectivity index (χ3v) is 9.17. The molecule has 0 aliphatic carbocycles. The van der Waals surface area contributed by atoms with Crippen LogP contribution < -0.4 is 4.74 Å². The minimum Gasteiger partial charge on any atom is -0.482 e. The smallest absolute Gasteiger partial charge is 0.254 e. The van der Waals surface area contributed by atoms with Crippen molar-refractivity contribution in [2.24, 2.45) is 0 Å². The van der Waals surface area contributed by atoms with Crippen molar-refractivity contribution in [2.75, 3.05) is 19.6 Å². The van der Waals surface area contributed by atoms with Gasteiger partial charge < -0.3 is 19.2 Å². The van der Waals surface area contributed by atoms with Gasteiger partial charge in [0.05, 0.1) is 11.8 Å². The van der Waals surface area contributed by atoms with E-state index in [2.05, 4.69) is 25.8 Å². The van der Waals surface area contributed by atoms with Crippen LogP contribution in [0.25, 0.3) is 0 Å². The van der Waals surface area contributed by atoms with Crippen LogP contribution >= 0.6 is 15.9 Å². The van der Waals surface area contributed by atoms with E-state index >= 15 is 0 Å². The van der Waals surface area contributed by atoms with E-state index in [9.17, 15) is 19.1 Å². The molecule has 0 fully saturated rings. The molecule has 2 aliphatic rings. The number of aliphatic hydroxyl groups excluding tert-OH is 1. The lowest BCUT2D eigenvalue weighted by molar-refractivity contribution is 0.0734. The molecule has 3 heterocycles. The second kappa shape index (κ2) is 13.6. The number of ether oxygens (including phenoxy) is 1. The third-order valence-electron chi connectivity index (χ3n) is 8.64. The molecule has 8 nitrogen and oxygen atoms in total. The van der Waals surface area contributed by atoms with Crippen LogP contribution in [-0.2, 0) is 32.5 Å². The number of aryl methyl sites for hydroxylation is 1. The third kappa shape index (κ3) is 7.35. The number of carbonyl (C=O) groups excluding carboxylic acids is 2. The topological polar surface area (TPSA) is 96.1 Å². The Balaban J connectivity index is 0.981. The number of ketones is 1. The average Bonchev–Trinajstić information content (AvgIpc) is 3.46. The molecule has 1 atom stereocenters. The number of rotatable bonds is 10. The van der Waals surface area contributed by atoms with Crippen molar-refractivity contribution in [1.29, 1.82) is 0 Å². The van der Waals surface area contributed by atoms with Crippen molar-refractivity contribution in [2.45, 2.75) is 58.4 Å². The predicted octanol–water partition coefficient (Wildman–Crippen LogP) is 6.04. The van der Waals surface area contributed by atoms with Gasteiger partial charge >= 0.3 is 0 Å². The van der Waals surface area contributed by atoms with Crippen molar-refractivity contribution in [1.82, 2.24) is 14.8 Å². The zero-order valence-corrected chi connectivity index (χ0v) is 26.7. The zero-order chi connectivity index (χ0) is 31.5. The molecule has 0 bridgehead atoms. The first-order valence-corrected chi connectivity index (χ1v) is 16.0. The summed E-state index contributed by atoms with van der Waals surface area (Å²) in [7, 11) is 0. The van der Waals surface area contributed by atoms with Gasteiger partial charge in [-0.2, -0.15) is 0 Å². The number of aromatic nitrogens is 1. The Hall–Kier alpha value is -3.86. The zero-order valence-electron chi connectivity index (χ0n) is 25.1. The molecular formula is C35H35BrFN3O5. The fraction of sp³-hybridized carbons (Fsp3) is 0.343. The summed E-state index contributed by atoms with van der Waals surface area (Å²) in [6.45, 7) is 4.67. The minimum atomic E-state index is -0.677. The second-order valence-corrected chi connectivity index (χ2v) is 12.7. The number of Topliss-reactive ketones (excluding diaryl/α,β-unsaturated/α-hetero) is 1. The maximum atomic E-state index is 14.8. The van der Waals surface area contributed by atoms with Gasteiger partial charge in [-0.05, 0) is 90.9 Å². The molecule has 1 amide bonds. The summed E-state index contributed by atoms with van der Waals surface area (Å²) in [6, 6.07) is 16.3. The Bertz CT molecular complexity index is 1710. The van der Waals surface area contributed by atoms with Crippen LogP contribution in [0.3, 0.4) is 0 Å². The minimum absolute atomic E-state index is 0.00230. The van der Waals surface area contributed by atoms with Gasteiger partial charge in [0.25, 0.3) is 5.91 Å². The molecule has 0 spiro atoms. The number of benzene rings is 3. The van der Waals surface area contributed by atoms with Crippen molar-refractivity contribution >= 4 is 27.6 Å². The van der Waals surface area contributed by atoms with Crippen LogP contribution in [0.1, 0.15) is 67.3 Å². The number of β-amino-alcohol motifs (C(OH)–C–C–N with tert-alkyl or cyclic N) is 1. The number of hydrogen-bond donors (Lipinski definition) is 1. The highest BCUT2D eigenvalue weighted by molar-refractivity contribution is 9.10. The van der Waals surface area contributed by atoms with E-state index in [1.807, 2.05) is 54.3 Å². The van der Waals surface area contributed by atoms with Gasteiger partial charge in [0.1, 0.15) is 6.61 Å². The molecule has 10 heteroatoms. The first kappa shape index (κ1) is 31.1. The predicted molar refractivity (Wildman–Crippen MR) is 170 cm³/mol. The summed E-state index contributed by atoms with van der Waals surface area (Å²) in [6.07, 6.45) is 2.64. The van der Waals surface area contributed by atoms with Crippen LogP contribution in [-0.4, -0.2) is 57.3 Å². The van der Waals surface area contributed by atoms with Crippen molar-refractivity contribution in [3.63, 3.8) is 0 Å². The van der Waals surface area contributed by atoms with Crippen LogP contribution in [0.4, 0.5) is 4.39 Å². The Labute approximate surface area is 269 Å². The number of fused-ring (bicyclic) bond motifs is 2. The van der Waals surface area contributed by atoms with Crippen molar-refractivity contribution < 1.29 is 28.2 Å². The summed E-state index contributed by atoms with van der Waals surface area (Å²) in [5.74, 6) is 0.301. The summed E-state index contributed by atoms with van der Waals surface area (Å²) >= 11 is 3.40. The van der Waals surface area contributed by atoms with Crippen LogP contribution in [0.2, 0.25) is 0 Å². The Morgan fingerprint density at radius 1 is 1.00 bits per heavy atom. The number of aliphatic hydroxyl groups is 1. The molecule has 1 N–H and O–H groups in total. The van der Waals surface area contributed by atoms with Gasteiger partial charge in [0.15, 0.2) is 29.5 Å². The molecule has 0 saturated heterocycles. The molecular weight excluding hydrogens is 641 g/mol. The van der Waals surface area contributed by atoms with E-state index in [0.29, 0.717) is 68.0 Å². The quantitative estimate of drug-likeness (QED) is 0.205. The standard InChI is InChI=1S/C35H35BrFN3O5/c1-22-34(45-21-38-22)20-44-33-16-25-10-12-39(17-28(25)15-31(33)37)19-30(41)8-9-32(42)26-2-3-27-18-40(13-11-24(27)14-26)35(43)23-4-6-29(36)7-5-23/h2-7,14-16,21,30,41H,8-13,17-20H2,1H3/t30-/m0/s1. The first-order valence-electron chi connectivity index (χ1n) is 15.2. The molecule has 234 valence electrons. The van der Waals surface area contributed by atoms with Crippen molar-refractivity contribution in [3.05, 3.63) is 116 Å². The molecule has 0 unspecified atom stereocenters. The van der Waals surface area contributed by atoms with Gasteiger partial charge in [-0.15, -0.1) is 0 Å². The van der Waals surface area contributed by atoms with Crippen LogP contribution in [0.5, 0.6) is 5.75 Å². The lowest BCUT2D eigenvalue weighted by Crippen LogP contribution is -2.37. The average molecular weight is 677 g/mol. The maximum absolute atomic E-state index is 14.8. The number of nitrogens with zero attached hydrogens (tertiary/aromatic N) is 3. The molecule has 4 aromatic rings. The van der Waals surface area contributed by atoms with Gasteiger partial charge in [-0.25, -0.2) is 9.37 Å². The first-order chi connectivity index (χ1) is 21.7. The molecule has 0 saturated carbocycles. The lowest BCUT2D eigenvalue weighted by Gasteiger charge is -2.30. The van der Waals surface area contributed by atoms with Gasteiger partial charge in [-0.1, -0.05) is 28.1 Å². The van der Waals surface area contributed by atoms with E-state index in [0.717, 1.165) is 33.3 Å². The Morgan fingerprint density at radius 2 is 1.76 bits per heavy atom. The second-order valence-electron chi connectivity index (χ2n) is 11.8. The summed E-state index contributed by atoms with van der Waals surface area (Å²) in [4.78, 5) is 33.9. The van der Waals surface area contributed by atoms with E-state index < -0.39 is 11.9 Å². The highest BCUT2D eigenvalue weighted by Crippen LogP contribution is 2.29. The maximum Gasteiger partial charge on any atom is 0.254 e. The van der Waals surface area contributed by atoms with Gasteiger partial charge in [-0.3, -0.25) is 14.5 Å². The highest BCUT2D eigenvalue weighted by atomic mass is 79.9. The molecule has 1 aromatic heterocycles. The van der Waals surface area contributed by atoms with Crippen molar-refractivity contribution in [3.8, 4) is 5.75 Å². The molecule has 6 rings (SSSR count). The fourth-order valence-electron chi connectivity index (χ4n) is 6.00. The highest BCUT2D eigenvalue weighted by Gasteiger charge is 2.24. The van der Waals surface area contributed by atoms with Gasteiger partial charge in [0.2, 0.25) is 0 Å². The van der Waals surface area contributed by atoms with Crippen LogP contribution in [0.15, 0.2) is 69.9 Å². The SMILES string of the molecule is Cc1ncoc1COc1cc2c(cc1F)CN(C[C@@H](O)CCC(=O)c1ccc3c(c1)CCN(C(=O)c1ccc(Br)cc1)C3)CC2. The molecule has 2 aliphatic heterocycles. The number of hydrogen-bond acceptors (Lipinski definition) is 7. The van der Waals surface area contributed by atoms with E-state index in [-0.39, 0.29) is 30.5 Å². The largest absolute Gasteiger partial charge is 0.482 e. The Morgan fingerprint density at radius 3 is 2.53 bits per heavy atom. The lowest BCUT2D eigenvalue weighted by atomic mass is 9.94. The van der Waals surface area contributed by atoms with E-state index in [1.54, 1.807) is 6.07 Å². The Kier molecular flexibility index (Phi) is 9.44. The number of carbonyl (C=O) groups is 2. The number of halogens is 2. The van der Waals surface area contributed by atoms with Crippen LogP contribution in [0, 0.1) is 12.7 Å². The normalized spacial score (nSPS) is 15.3. The monoisotopic (exact) mass is 675 g/mol. The van der Waals surface area contributed by atoms with E-state index in [1.165, 1.54) is 12.5 Å². The van der Waals surface area contributed by atoms with E-state index in [4.69, 9.17) is 9.15 Å². The molecule has 0 radical (unpaired) electrons. The number of amides is 1. The molecule has 3 aromatic carbocycles. The number of oxazole rings is 1. The summed E-state index contributed by atoms with van der Waals surface area (Å²) < 4.78 is 26.7. The summed E-state index contributed by atoms with van der Waals surface area (Å²) in [5, 5.41) is 10.8.